The number of benzene rings is 1. The van der Waals surface area contributed by atoms with Crippen LogP contribution in [0.5, 0.6) is 0 Å². The molecule has 1 fully saturated rings. The second kappa shape index (κ2) is 7.33. The number of rotatable bonds is 5. The van der Waals surface area contributed by atoms with E-state index in [1.165, 1.54) is 16.5 Å². The standard InChI is InChI=1S/C20H23F2N3O2S/c1-2-12-28(26,27)25-11-8-17-14-16(7-10-24(17)25)23-9-3-4-20(23)18-13-15(21)5-6-19(18)22/h5-8,10,13-14,20H,2-4,9,11-12H2,1H3/t20-/m1/s1. The fraction of sp³-hybridized carbons (Fsp3) is 0.400. The van der Waals surface area contributed by atoms with Gasteiger partial charge in [0.05, 0.1) is 24.0 Å². The van der Waals surface area contributed by atoms with Gasteiger partial charge in [0.1, 0.15) is 11.6 Å². The number of allylic oxidation sites excluding steroid dienone is 2. The number of hydrogen-bond donors (Lipinski definition) is 0. The van der Waals surface area contributed by atoms with Crippen molar-refractivity contribution in [3.05, 3.63) is 71.2 Å². The highest BCUT2D eigenvalue weighted by Gasteiger charge is 2.35. The molecule has 0 unspecified atom stereocenters. The molecule has 150 valence electrons. The number of halogens is 2. The van der Waals surface area contributed by atoms with E-state index < -0.39 is 21.7 Å². The summed E-state index contributed by atoms with van der Waals surface area (Å²) >= 11 is 0. The Kier molecular flexibility index (Phi) is 5.01. The molecule has 3 aliphatic heterocycles. The van der Waals surface area contributed by atoms with Gasteiger partial charge >= 0.3 is 0 Å². The van der Waals surface area contributed by atoms with Gasteiger partial charge < -0.3 is 4.90 Å². The summed E-state index contributed by atoms with van der Waals surface area (Å²) in [6.45, 7) is 2.88. The SMILES string of the molecule is CCCS(=O)(=O)N1CC=C2C=C(N3CCC[C@@H]3c3cc(F)ccc3F)C=CN21. The van der Waals surface area contributed by atoms with Crippen LogP contribution in [0.25, 0.3) is 0 Å². The summed E-state index contributed by atoms with van der Waals surface area (Å²) in [6.07, 6.45) is 9.53. The maximum atomic E-state index is 14.3. The summed E-state index contributed by atoms with van der Waals surface area (Å²) in [7, 11) is -3.36. The first-order valence-corrected chi connectivity index (χ1v) is 11.1. The van der Waals surface area contributed by atoms with Crippen LogP contribution in [-0.4, -0.2) is 41.6 Å². The van der Waals surface area contributed by atoms with E-state index in [9.17, 15) is 17.2 Å². The molecule has 0 bridgehead atoms. The first-order valence-electron chi connectivity index (χ1n) is 9.52. The van der Waals surface area contributed by atoms with Gasteiger partial charge in [0.2, 0.25) is 10.0 Å². The molecular weight excluding hydrogens is 384 g/mol. The van der Waals surface area contributed by atoms with E-state index in [1.807, 2.05) is 25.2 Å². The maximum absolute atomic E-state index is 14.3. The average Bonchev–Trinajstić information content (AvgIpc) is 3.30. The Morgan fingerprint density at radius 3 is 2.82 bits per heavy atom. The summed E-state index contributed by atoms with van der Waals surface area (Å²) in [5, 5.41) is 1.64. The molecule has 1 saturated heterocycles. The van der Waals surface area contributed by atoms with Gasteiger partial charge in [-0.1, -0.05) is 6.92 Å². The Hall–Kier alpha value is -2.19. The van der Waals surface area contributed by atoms with E-state index >= 15 is 0 Å². The fourth-order valence-electron chi connectivity index (χ4n) is 4.07. The molecule has 0 amide bonds. The predicted octanol–water partition coefficient (Wildman–Crippen LogP) is 3.67. The molecule has 5 nitrogen and oxygen atoms in total. The molecule has 28 heavy (non-hydrogen) atoms. The zero-order valence-corrected chi connectivity index (χ0v) is 16.5. The van der Waals surface area contributed by atoms with Gasteiger partial charge in [0.15, 0.2) is 0 Å². The lowest BCUT2D eigenvalue weighted by Gasteiger charge is -2.34. The van der Waals surface area contributed by atoms with Crippen molar-refractivity contribution < 1.29 is 17.2 Å². The number of fused-ring (bicyclic) bond motifs is 1. The lowest BCUT2D eigenvalue weighted by atomic mass is 10.0. The monoisotopic (exact) mass is 407 g/mol. The average molecular weight is 407 g/mol. The summed E-state index contributed by atoms with van der Waals surface area (Å²) in [5.74, 6) is -0.752. The molecule has 0 aromatic heterocycles. The maximum Gasteiger partial charge on any atom is 0.231 e. The summed E-state index contributed by atoms with van der Waals surface area (Å²) in [6, 6.07) is 3.33. The second-order valence-electron chi connectivity index (χ2n) is 7.20. The number of hydrogen-bond acceptors (Lipinski definition) is 4. The molecule has 8 heteroatoms. The molecule has 0 N–H and O–H groups in total. The van der Waals surface area contributed by atoms with Crippen molar-refractivity contribution in [1.82, 2.24) is 14.3 Å². The molecule has 3 heterocycles. The predicted molar refractivity (Wildman–Crippen MR) is 103 cm³/mol. The van der Waals surface area contributed by atoms with Crippen molar-refractivity contribution in [2.24, 2.45) is 0 Å². The van der Waals surface area contributed by atoms with Crippen LogP contribution in [0.4, 0.5) is 8.78 Å². The van der Waals surface area contributed by atoms with Crippen LogP contribution in [0.2, 0.25) is 0 Å². The molecule has 0 saturated carbocycles. The highest BCUT2D eigenvalue weighted by Crippen LogP contribution is 2.39. The third-order valence-corrected chi connectivity index (χ3v) is 7.22. The topological polar surface area (TPSA) is 43.9 Å². The number of sulfonamides is 1. The molecule has 0 aliphatic carbocycles. The van der Waals surface area contributed by atoms with Crippen LogP contribution >= 0.6 is 0 Å². The van der Waals surface area contributed by atoms with Crippen molar-refractivity contribution in [2.45, 2.75) is 32.2 Å². The lowest BCUT2D eigenvalue weighted by Crippen LogP contribution is -2.41. The zero-order valence-electron chi connectivity index (χ0n) is 15.7. The Labute approximate surface area is 164 Å². The zero-order chi connectivity index (χ0) is 19.9. The van der Waals surface area contributed by atoms with E-state index in [1.54, 1.807) is 11.2 Å². The van der Waals surface area contributed by atoms with Crippen molar-refractivity contribution in [3.63, 3.8) is 0 Å². The first kappa shape index (κ1) is 19.1. The highest BCUT2D eigenvalue weighted by atomic mass is 32.2. The molecule has 0 radical (unpaired) electrons. The minimum atomic E-state index is -3.36. The molecule has 0 spiro atoms. The third-order valence-electron chi connectivity index (χ3n) is 5.33. The van der Waals surface area contributed by atoms with Crippen LogP contribution in [0.3, 0.4) is 0 Å². The molecule has 3 aliphatic rings. The molecule has 1 aromatic carbocycles. The lowest BCUT2D eigenvalue weighted by molar-refractivity contribution is 0.205. The number of likely N-dealkylation sites (tertiary alicyclic amines) is 1. The van der Waals surface area contributed by atoms with Crippen molar-refractivity contribution in [3.8, 4) is 0 Å². The van der Waals surface area contributed by atoms with Gasteiger partial charge in [-0.3, -0.25) is 5.01 Å². The van der Waals surface area contributed by atoms with E-state index in [0.717, 1.165) is 36.8 Å². The van der Waals surface area contributed by atoms with E-state index in [-0.39, 0.29) is 11.8 Å². The van der Waals surface area contributed by atoms with Gasteiger partial charge in [-0.2, -0.15) is 0 Å². The Bertz CT molecular complexity index is 972. The summed E-state index contributed by atoms with van der Waals surface area (Å²) in [5.41, 5.74) is 2.02. The van der Waals surface area contributed by atoms with Crippen molar-refractivity contribution >= 4 is 10.0 Å². The van der Waals surface area contributed by atoms with Gasteiger partial charge in [-0.15, -0.1) is 4.41 Å². The second-order valence-corrected chi connectivity index (χ2v) is 9.19. The van der Waals surface area contributed by atoms with E-state index in [4.69, 9.17) is 0 Å². The van der Waals surface area contributed by atoms with Gasteiger partial charge in [-0.25, -0.2) is 17.2 Å². The van der Waals surface area contributed by atoms with Crippen LogP contribution < -0.4 is 0 Å². The van der Waals surface area contributed by atoms with Crippen LogP contribution in [-0.2, 0) is 10.0 Å². The normalized spacial score (nSPS) is 22.5. The van der Waals surface area contributed by atoms with E-state index in [2.05, 4.69) is 4.90 Å². The minimum Gasteiger partial charge on any atom is -0.364 e. The first-order chi connectivity index (χ1) is 13.4. The van der Waals surface area contributed by atoms with E-state index in [0.29, 0.717) is 18.5 Å². The van der Waals surface area contributed by atoms with Gasteiger partial charge in [0, 0.05) is 24.0 Å². The van der Waals surface area contributed by atoms with Gasteiger partial charge in [0.25, 0.3) is 0 Å². The third kappa shape index (κ3) is 3.35. The Morgan fingerprint density at radius 1 is 1.21 bits per heavy atom. The van der Waals surface area contributed by atoms with Crippen LogP contribution in [0.1, 0.15) is 37.8 Å². The van der Waals surface area contributed by atoms with Crippen LogP contribution in [0, 0.1) is 11.6 Å². The summed E-state index contributed by atoms with van der Waals surface area (Å²) in [4.78, 5) is 2.07. The summed E-state index contributed by atoms with van der Waals surface area (Å²) < 4.78 is 54.2. The fourth-order valence-corrected chi connectivity index (χ4v) is 5.52. The Balaban J connectivity index is 1.58. The molecule has 1 atom stereocenters. The number of nitrogens with zero attached hydrogens (tertiary/aromatic N) is 3. The highest BCUT2D eigenvalue weighted by molar-refractivity contribution is 7.89. The van der Waals surface area contributed by atoms with Gasteiger partial charge in [-0.05, 0) is 55.7 Å². The molecule has 4 rings (SSSR count). The molecular formula is C20H23F2N3O2S. The number of hydrazine groups is 1. The molecule has 1 aromatic rings. The van der Waals surface area contributed by atoms with Crippen molar-refractivity contribution in [2.75, 3.05) is 18.8 Å². The Morgan fingerprint density at radius 2 is 2.04 bits per heavy atom. The largest absolute Gasteiger partial charge is 0.364 e. The smallest absolute Gasteiger partial charge is 0.231 e. The minimum absolute atomic E-state index is 0.0993. The quantitative estimate of drug-likeness (QED) is 0.747. The van der Waals surface area contributed by atoms with Crippen LogP contribution in [0.15, 0.2) is 54.0 Å². The van der Waals surface area contributed by atoms with Crippen molar-refractivity contribution in [1.29, 1.82) is 0 Å².